The van der Waals surface area contributed by atoms with Gasteiger partial charge >= 0.3 is 5.97 Å². The molecule has 1 aromatic carbocycles. The largest absolute Gasteiger partial charge is 0.467 e. The maximum absolute atomic E-state index is 12.5. The first kappa shape index (κ1) is 15.0. The molecule has 0 saturated carbocycles. The highest BCUT2D eigenvalue weighted by Gasteiger charge is 2.72. The summed E-state index contributed by atoms with van der Waals surface area (Å²) in [5, 5.41) is 0. The molecule has 0 aliphatic carbocycles. The average molecular weight is 305 g/mol. The highest BCUT2D eigenvalue weighted by Crippen LogP contribution is 2.53. The van der Waals surface area contributed by atoms with Gasteiger partial charge < -0.3 is 19.1 Å². The first-order chi connectivity index (χ1) is 10.3. The van der Waals surface area contributed by atoms with Crippen molar-refractivity contribution in [3.8, 4) is 0 Å². The molecule has 3 rings (SSSR count). The number of ether oxygens (including phenoxy) is 3. The third-order valence-corrected chi connectivity index (χ3v) is 4.27. The zero-order chi connectivity index (χ0) is 16.1. The van der Waals surface area contributed by atoms with E-state index >= 15 is 0 Å². The molecule has 2 aliphatic rings. The summed E-state index contributed by atoms with van der Waals surface area (Å²) >= 11 is 0. The van der Waals surface area contributed by atoms with Crippen LogP contribution in [0.3, 0.4) is 0 Å². The monoisotopic (exact) mass is 305 g/mol. The summed E-state index contributed by atoms with van der Waals surface area (Å²) in [6.07, 6.45) is -0.641. The van der Waals surface area contributed by atoms with E-state index in [0.29, 0.717) is 5.56 Å². The van der Waals surface area contributed by atoms with Crippen LogP contribution in [0, 0.1) is 0 Å². The van der Waals surface area contributed by atoms with Crippen molar-refractivity contribution < 1.29 is 23.8 Å². The molecular formula is C16H19NO5. The Morgan fingerprint density at radius 3 is 2.36 bits per heavy atom. The smallest absolute Gasteiger partial charge is 0.345 e. The summed E-state index contributed by atoms with van der Waals surface area (Å²) in [5.41, 5.74) is -1.54. The number of carbonyl (C=O) groups is 2. The molecule has 3 unspecified atom stereocenters. The Morgan fingerprint density at radius 1 is 1.18 bits per heavy atom. The number of esters is 1. The van der Waals surface area contributed by atoms with Crippen LogP contribution in [0.25, 0.3) is 0 Å². The molecule has 0 radical (unpaired) electrons. The van der Waals surface area contributed by atoms with E-state index in [0.717, 1.165) is 0 Å². The topological polar surface area (TPSA) is 65.1 Å². The summed E-state index contributed by atoms with van der Waals surface area (Å²) in [4.78, 5) is 26.2. The molecule has 0 spiro atoms. The Hall–Kier alpha value is -1.92. The van der Waals surface area contributed by atoms with Gasteiger partial charge in [-0.2, -0.15) is 0 Å². The van der Waals surface area contributed by atoms with Crippen LogP contribution in [-0.2, 0) is 29.4 Å². The predicted molar refractivity (Wildman–Crippen MR) is 76.5 cm³/mol. The molecule has 2 saturated heterocycles. The van der Waals surface area contributed by atoms with Crippen LogP contribution >= 0.6 is 0 Å². The summed E-state index contributed by atoms with van der Waals surface area (Å²) in [6, 6.07) is 8.51. The number of fused-ring (bicyclic) bond motifs is 1. The molecule has 22 heavy (non-hydrogen) atoms. The van der Waals surface area contributed by atoms with E-state index in [2.05, 4.69) is 0 Å². The highest BCUT2D eigenvalue weighted by molar-refractivity contribution is 5.86. The molecule has 2 aliphatic heterocycles. The fraction of sp³-hybridized carbons (Fsp3) is 0.500. The highest BCUT2D eigenvalue weighted by atomic mass is 16.8. The summed E-state index contributed by atoms with van der Waals surface area (Å²) in [5.74, 6) is -0.711. The molecule has 2 heterocycles. The maximum atomic E-state index is 12.5. The lowest BCUT2D eigenvalue weighted by Gasteiger charge is -2.50. The van der Waals surface area contributed by atoms with Crippen molar-refractivity contribution in [1.29, 1.82) is 0 Å². The van der Waals surface area contributed by atoms with Crippen molar-refractivity contribution in [3.05, 3.63) is 35.9 Å². The van der Waals surface area contributed by atoms with E-state index in [4.69, 9.17) is 14.2 Å². The minimum Gasteiger partial charge on any atom is -0.467 e. The second-order valence-electron chi connectivity index (χ2n) is 5.98. The van der Waals surface area contributed by atoms with Crippen LogP contribution in [0.4, 0.5) is 0 Å². The lowest BCUT2D eigenvalue weighted by atomic mass is 9.80. The molecule has 1 amide bonds. The van der Waals surface area contributed by atoms with Gasteiger partial charge in [0.25, 0.3) is 0 Å². The molecule has 118 valence electrons. The fourth-order valence-corrected chi connectivity index (χ4v) is 3.44. The zero-order valence-corrected chi connectivity index (χ0v) is 13.0. The third-order valence-electron chi connectivity index (χ3n) is 4.27. The number of amides is 1. The van der Waals surface area contributed by atoms with E-state index < -0.39 is 29.6 Å². The molecule has 3 atom stereocenters. The zero-order valence-electron chi connectivity index (χ0n) is 13.0. The van der Waals surface area contributed by atoms with Crippen LogP contribution in [-0.4, -0.2) is 41.9 Å². The van der Waals surface area contributed by atoms with Gasteiger partial charge in [0, 0.05) is 6.92 Å². The van der Waals surface area contributed by atoms with Gasteiger partial charge in [0.15, 0.2) is 6.29 Å². The number of nitrogens with zero attached hydrogens (tertiary/aromatic N) is 1. The Labute approximate surface area is 128 Å². The van der Waals surface area contributed by atoms with Gasteiger partial charge in [0.05, 0.1) is 7.11 Å². The number of carbonyl (C=O) groups excluding carboxylic acids is 2. The van der Waals surface area contributed by atoms with E-state index in [9.17, 15) is 9.59 Å². The van der Waals surface area contributed by atoms with Gasteiger partial charge in [0.1, 0.15) is 11.8 Å². The number of rotatable bonds is 2. The van der Waals surface area contributed by atoms with Gasteiger partial charge in [0.2, 0.25) is 11.5 Å². The Morgan fingerprint density at radius 2 is 1.82 bits per heavy atom. The van der Waals surface area contributed by atoms with E-state index in [1.807, 2.05) is 18.2 Å². The van der Waals surface area contributed by atoms with Gasteiger partial charge in [-0.1, -0.05) is 30.3 Å². The third kappa shape index (κ3) is 1.80. The van der Waals surface area contributed by atoms with Crippen LogP contribution < -0.4 is 0 Å². The normalized spacial score (nSPS) is 32.1. The molecular weight excluding hydrogens is 286 g/mol. The van der Waals surface area contributed by atoms with Crippen LogP contribution in [0.5, 0.6) is 0 Å². The van der Waals surface area contributed by atoms with E-state index in [-0.39, 0.29) is 5.91 Å². The first-order valence-electron chi connectivity index (χ1n) is 7.14. The van der Waals surface area contributed by atoms with Crippen molar-refractivity contribution in [2.75, 3.05) is 7.11 Å². The number of benzene rings is 1. The molecule has 0 N–H and O–H groups in total. The average Bonchev–Trinajstić information content (AvgIpc) is 2.69. The molecule has 2 fully saturated rings. The van der Waals surface area contributed by atoms with Gasteiger partial charge in [-0.25, -0.2) is 4.79 Å². The van der Waals surface area contributed by atoms with Crippen molar-refractivity contribution in [2.45, 2.75) is 44.4 Å². The fourth-order valence-electron chi connectivity index (χ4n) is 3.44. The summed E-state index contributed by atoms with van der Waals surface area (Å²) in [6.45, 7) is 5.02. The minimum atomic E-state index is -1.35. The Bertz CT molecular complexity index is 614. The lowest BCUT2D eigenvalue weighted by molar-refractivity contribution is -0.309. The molecule has 6 nitrogen and oxygen atoms in total. The van der Waals surface area contributed by atoms with Crippen LogP contribution in [0.15, 0.2) is 30.3 Å². The number of hydrogen-bond acceptors (Lipinski definition) is 5. The second kappa shape index (κ2) is 4.79. The molecule has 0 aromatic heterocycles. The molecule has 1 aromatic rings. The maximum Gasteiger partial charge on any atom is 0.345 e. The summed E-state index contributed by atoms with van der Waals surface area (Å²) in [7, 11) is 1.31. The Kier molecular flexibility index (Phi) is 3.27. The van der Waals surface area contributed by atoms with Gasteiger partial charge in [-0.15, -0.1) is 0 Å². The minimum absolute atomic E-state index is 0.176. The van der Waals surface area contributed by atoms with Gasteiger partial charge in [-0.3, -0.25) is 4.79 Å². The van der Waals surface area contributed by atoms with Crippen molar-refractivity contribution in [3.63, 3.8) is 0 Å². The Balaban J connectivity index is 2.11. The summed E-state index contributed by atoms with van der Waals surface area (Å²) < 4.78 is 16.5. The standard InChI is InChI=1S/C16H19NO5/c1-10(18)17-12-13(21-15(17,2)3)22-16(12,14(19)20-4)11-8-6-5-7-9-11/h5-9,12-13H,1-4H3. The van der Waals surface area contributed by atoms with E-state index in [1.165, 1.54) is 14.0 Å². The van der Waals surface area contributed by atoms with Gasteiger partial charge in [-0.05, 0) is 19.4 Å². The number of methoxy groups -OCH3 is 1. The van der Waals surface area contributed by atoms with Crippen molar-refractivity contribution >= 4 is 11.9 Å². The second-order valence-corrected chi connectivity index (χ2v) is 5.98. The molecule has 6 heteroatoms. The predicted octanol–water partition coefficient (Wildman–Crippen LogP) is 1.39. The SMILES string of the molecule is COC(=O)C1(c2ccccc2)OC2OC(C)(C)N(C(C)=O)C21. The van der Waals surface area contributed by atoms with Crippen molar-refractivity contribution in [2.24, 2.45) is 0 Å². The lowest BCUT2D eigenvalue weighted by Crippen LogP contribution is -2.70. The first-order valence-corrected chi connectivity index (χ1v) is 7.14. The van der Waals surface area contributed by atoms with Crippen LogP contribution in [0.1, 0.15) is 26.3 Å². The van der Waals surface area contributed by atoms with Crippen molar-refractivity contribution in [1.82, 2.24) is 4.90 Å². The number of hydrogen-bond donors (Lipinski definition) is 0. The molecule has 0 bridgehead atoms. The van der Waals surface area contributed by atoms with Crippen LogP contribution in [0.2, 0.25) is 0 Å². The van der Waals surface area contributed by atoms with E-state index in [1.54, 1.807) is 30.9 Å². The quantitative estimate of drug-likeness (QED) is 0.773.